The summed E-state index contributed by atoms with van der Waals surface area (Å²) in [4.78, 5) is 6.54. The van der Waals surface area contributed by atoms with Crippen LogP contribution in [0.5, 0.6) is 0 Å². The van der Waals surface area contributed by atoms with Crippen LogP contribution in [0.25, 0.3) is 0 Å². The van der Waals surface area contributed by atoms with E-state index in [9.17, 15) is 0 Å². The van der Waals surface area contributed by atoms with Crippen LogP contribution < -0.4 is 5.73 Å². The lowest BCUT2D eigenvalue weighted by atomic mass is 10.1. The lowest BCUT2D eigenvalue weighted by molar-refractivity contribution is 0.315. The van der Waals surface area contributed by atoms with Crippen LogP contribution in [0.2, 0.25) is 0 Å². The first-order chi connectivity index (χ1) is 8.19. The highest BCUT2D eigenvalue weighted by Crippen LogP contribution is 2.20. The average Bonchev–Trinajstić information content (AvgIpc) is 2.77. The fourth-order valence-electron chi connectivity index (χ4n) is 2.37. The van der Waals surface area contributed by atoms with Crippen molar-refractivity contribution in [1.29, 1.82) is 5.41 Å². The zero-order valence-corrected chi connectivity index (χ0v) is 10.3. The number of hydrogen-bond donors (Lipinski definition) is 2. The van der Waals surface area contributed by atoms with Crippen LogP contribution in [-0.4, -0.2) is 28.8 Å². The molecule has 0 bridgehead atoms. The van der Waals surface area contributed by atoms with E-state index in [0.29, 0.717) is 5.69 Å². The Morgan fingerprint density at radius 2 is 2.47 bits per heavy atom. The molecule has 1 aromatic rings. The molecule has 0 aromatic carbocycles. The summed E-state index contributed by atoms with van der Waals surface area (Å²) in [6.45, 7) is 5.57. The zero-order valence-electron chi connectivity index (χ0n) is 10.3. The van der Waals surface area contributed by atoms with Crippen LogP contribution in [0.1, 0.15) is 31.0 Å². The fourth-order valence-corrected chi connectivity index (χ4v) is 2.37. The van der Waals surface area contributed by atoms with Crippen LogP contribution in [-0.2, 0) is 6.54 Å². The Morgan fingerprint density at radius 1 is 1.65 bits per heavy atom. The van der Waals surface area contributed by atoms with Crippen molar-refractivity contribution < 1.29 is 0 Å². The fraction of sp³-hybridized carbons (Fsp3) is 0.538. The van der Waals surface area contributed by atoms with E-state index in [-0.39, 0.29) is 5.84 Å². The first-order valence-electron chi connectivity index (χ1n) is 6.20. The molecule has 0 radical (unpaired) electrons. The van der Waals surface area contributed by atoms with Crippen molar-refractivity contribution in [3.8, 4) is 0 Å². The molecular weight excluding hydrogens is 212 g/mol. The van der Waals surface area contributed by atoms with Crippen molar-refractivity contribution in [1.82, 2.24) is 9.88 Å². The summed E-state index contributed by atoms with van der Waals surface area (Å²) in [5.74, 6) is 0.892. The number of hydrogen-bond acceptors (Lipinski definition) is 3. The lowest BCUT2D eigenvalue weighted by Crippen LogP contribution is -2.21. The van der Waals surface area contributed by atoms with Gasteiger partial charge in [-0.05, 0) is 36.6 Å². The normalized spacial score (nSPS) is 20.6. The number of rotatable bonds is 4. The highest BCUT2D eigenvalue weighted by Gasteiger charge is 2.20. The van der Waals surface area contributed by atoms with E-state index in [1.54, 1.807) is 6.20 Å². The number of aromatic nitrogens is 1. The van der Waals surface area contributed by atoms with Crippen LogP contribution in [0.15, 0.2) is 18.3 Å². The van der Waals surface area contributed by atoms with Gasteiger partial charge in [0.2, 0.25) is 0 Å². The van der Waals surface area contributed by atoms with E-state index < -0.39 is 0 Å². The van der Waals surface area contributed by atoms with E-state index in [1.165, 1.54) is 31.5 Å². The third-order valence-corrected chi connectivity index (χ3v) is 3.45. The van der Waals surface area contributed by atoms with Crippen molar-refractivity contribution in [3.63, 3.8) is 0 Å². The van der Waals surface area contributed by atoms with Crippen molar-refractivity contribution >= 4 is 5.84 Å². The van der Waals surface area contributed by atoms with Gasteiger partial charge >= 0.3 is 0 Å². The predicted octanol–water partition coefficient (Wildman–Crippen LogP) is 1.60. The Hall–Kier alpha value is -1.42. The molecule has 2 rings (SSSR count). The Labute approximate surface area is 102 Å². The smallest absolute Gasteiger partial charge is 0.141 e. The summed E-state index contributed by atoms with van der Waals surface area (Å²) in [6, 6.07) is 3.92. The molecule has 1 saturated heterocycles. The molecule has 1 fully saturated rings. The van der Waals surface area contributed by atoms with Gasteiger partial charge in [-0.2, -0.15) is 0 Å². The maximum absolute atomic E-state index is 7.38. The van der Waals surface area contributed by atoms with Crippen LogP contribution in [0, 0.1) is 11.3 Å². The van der Waals surface area contributed by atoms with Crippen molar-refractivity contribution in [2.75, 3.05) is 13.1 Å². The molecule has 1 aliphatic rings. The van der Waals surface area contributed by atoms with Crippen molar-refractivity contribution in [2.24, 2.45) is 11.7 Å². The third kappa shape index (κ3) is 3.03. The van der Waals surface area contributed by atoms with Gasteiger partial charge < -0.3 is 5.73 Å². The lowest BCUT2D eigenvalue weighted by Gasteiger charge is -2.15. The molecule has 0 amide bonds. The zero-order chi connectivity index (χ0) is 12.3. The van der Waals surface area contributed by atoms with Crippen LogP contribution >= 0.6 is 0 Å². The molecule has 0 saturated carbocycles. The maximum atomic E-state index is 7.38. The van der Waals surface area contributed by atoms with Gasteiger partial charge in [-0.1, -0.05) is 13.3 Å². The third-order valence-electron chi connectivity index (χ3n) is 3.45. The first-order valence-corrected chi connectivity index (χ1v) is 6.20. The number of nitrogens with zero attached hydrogens (tertiary/aromatic N) is 2. The quantitative estimate of drug-likeness (QED) is 0.612. The molecule has 0 aliphatic carbocycles. The molecule has 1 atom stereocenters. The Balaban J connectivity index is 1.99. The monoisotopic (exact) mass is 232 g/mol. The minimum absolute atomic E-state index is 0.0414. The number of nitrogens with two attached hydrogens (primary N) is 1. The Morgan fingerprint density at radius 3 is 3.12 bits per heavy atom. The van der Waals surface area contributed by atoms with Gasteiger partial charge in [-0.25, -0.2) is 0 Å². The van der Waals surface area contributed by atoms with Gasteiger partial charge in [-0.15, -0.1) is 0 Å². The Bertz CT molecular complexity index is 402. The van der Waals surface area contributed by atoms with Gasteiger partial charge in [0.25, 0.3) is 0 Å². The molecule has 0 spiro atoms. The highest BCUT2D eigenvalue weighted by atomic mass is 15.1. The molecule has 92 valence electrons. The summed E-state index contributed by atoms with van der Waals surface area (Å²) in [6.07, 6.45) is 4.31. The second-order valence-corrected chi connectivity index (χ2v) is 4.76. The number of nitrogens with one attached hydrogen (secondary N) is 1. The van der Waals surface area contributed by atoms with Crippen LogP contribution in [0.4, 0.5) is 0 Å². The summed E-state index contributed by atoms with van der Waals surface area (Å²) < 4.78 is 0. The van der Waals surface area contributed by atoms with Gasteiger partial charge in [0.05, 0.1) is 0 Å². The molecule has 1 unspecified atom stereocenters. The minimum Gasteiger partial charge on any atom is -0.382 e. The SMILES string of the molecule is CCC1CCN(Cc2ccnc(C(=N)N)c2)C1. The van der Waals surface area contributed by atoms with E-state index in [1.807, 2.05) is 12.1 Å². The van der Waals surface area contributed by atoms with Gasteiger partial charge in [0, 0.05) is 19.3 Å². The summed E-state index contributed by atoms with van der Waals surface area (Å²) in [5.41, 5.74) is 7.22. The van der Waals surface area contributed by atoms with Crippen LogP contribution in [0.3, 0.4) is 0 Å². The molecule has 4 heteroatoms. The number of pyridine rings is 1. The summed E-state index contributed by atoms with van der Waals surface area (Å²) in [7, 11) is 0. The predicted molar refractivity (Wildman–Crippen MR) is 68.9 cm³/mol. The van der Waals surface area contributed by atoms with E-state index in [2.05, 4.69) is 16.8 Å². The van der Waals surface area contributed by atoms with Crippen molar-refractivity contribution in [2.45, 2.75) is 26.3 Å². The molecular formula is C13H20N4. The highest BCUT2D eigenvalue weighted by molar-refractivity contribution is 5.93. The second kappa shape index (κ2) is 5.27. The van der Waals surface area contributed by atoms with Crippen molar-refractivity contribution in [3.05, 3.63) is 29.6 Å². The van der Waals surface area contributed by atoms with E-state index in [0.717, 1.165) is 12.5 Å². The van der Waals surface area contributed by atoms with E-state index >= 15 is 0 Å². The number of likely N-dealkylation sites (tertiary alicyclic amines) is 1. The molecule has 2 heterocycles. The van der Waals surface area contributed by atoms with Gasteiger partial charge in [-0.3, -0.25) is 15.3 Å². The second-order valence-electron chi connectivity index (χ2n) is 4.76. The molecule has 3 N–H and O–H groups in total. The number of amidine groups is 1. The van der Waals surface area contributed by atoms with E-state index in [4.69, 9.17) is 11.1 Å². The average molecular weight is 232 g/mol. The molecule has 1 aromatic heterocycles. The van der Waals surface area contributed by atoms with Gasteiger partial charge in [0.15, 0.2) is 0 Å². The summed E-state index contributed by atoms with van der Waals surface area (Å²) >= 11 is 0. The molecule has 4 nitrogen and oxygen atoms in total. The van der Waals surface area contributed by atoms with Gasteiger partial charge in [0.1, 0.15) is 11.5 Å². The topological polar surface area (TPSA) is 66.0 Å². The molecule has 17 heavy (non-hydrogen) atoms. The first kappa shape index (κ1) is 12.0. The Kier molecular flexibility index (Phi) is 3.74. The number of nitrogen functional groups attached to an aromatic ring is 1. The maximum Gasteiger partial charge on any atom is 0.141 e. The summed E-state index contributed by atoms with van der Waals surface area (Å²) in [5, 5.41) is 7.38. The molecule has 1 aliphatic heterocycles. The largest absolute Gasteiger partial charge is 0.382 e. The minimum atomic E-state index is 0.0414. The standard InChI is InChI=1S/C13H20N4/c1-2-10-4-6-17(8-10)9-11-3-5-16-12(7-11)13(14)15/h3,5,7,10H,2,4,6,8-9H2,1H3,(H3,14,15).